The summed E-state index contributed by atoms with van der Waals surface area (Å²) >= 11 is 0. The van der Waals surface area contributed by atoms with Gasteiger partial charge in [0.05, 0.1) is 28.4 Å². The third-order valence-electron chi connectivity index (χ3n) is 4.14. The molecule has 2 aromatic rings. The van der Waals surface area contributed by atoms with Crippen LogP contribution in [-0.4, -0.2) is 47.4 Å². The molecule has 7 nitrogen and oxygen atoms in total. The van der Waals surface area contributed by atoms with E-state index in [1.165, 1.54) is 28.4 Å². The van der Waals surface area contributed by atoms with Gasteiger partial charge < -0.3 is 28.4 Å². The summed E-state index contributed by atoms with van der Waals surface area (Å²) in [7, 11) is 5.95. The Morgan fingerprint density at radius 2 is 1.00 bits per heavy atom. The first-order chi connectivity index (χ1) is 14.5. The molecule has 30 heavy (non-hydrogen) atoms. The number of methoxy groups -OCH3 is 4. The molecule has 0 unspecified atom stereocenters. The van der Waals surface area contributed by atoms with Gasteiger partial charge in [-0.05, 0) is 24.3 Å². The molecule has 160 valence electrons. The molecule has 0 aliphatic carbocycles. The largest absolute Gasteiger partial charge is 0.493 e. The van der Waals surface area contributed by atoms with Crippen LogP contribution in [0.3, 0.4) is 0 Å². The second kappa shape index (κ2) is 10.8. The van der Waals surface area contributed by atoms with Gasteiger partial charge in [0.15, 0.2) is 28.8 Å². The smallest absolute Gasteiger partial charge is 0.203 e. The van der Waals surface area contributed by atoms with E-state index in [9.17, 15) is 4.79 Å². The van der Waals surface area contributed by atoms with Crippen molar-refractivity contribution in [3.05, 3.63) is 60.7 Å². The average molecular weight is 414 g/mol. The maximum atomic E-state index is 13.2. The Morgan fingerprint density at radius 1 is 0.700 bits per heavy atom. The summed E-state index contributed by atoms with van der Waals surface area (Å²) in [5.74, 6) is 1.95. The molecular formula is C23H26O7. The first-order valence-corrected chi connectivity index (χ1v) is 9.08. The number of benzene rings is 2. The van der Waals surface area contributed by atoms with Crippen molar-refractivity contribution < 1.29 is 33.2 Å². The van der Waals surface area contributed by atoms with Crippen LogP contribution in [0.25, 0.3) is 0 Å². The number of rotatable bonds is 12. The van der Waals surface area contributed by atoms with E-state index in [0.717, 1.165) is 0 Å². The van der Waals surface area contributed by atoms with E-state index < -0.39 is 0 Å². The fourth-order valence-electron chi connectivity index (χ4n) is 2.76. The zero-order valence-corrected chi connectivity index (χ0v) is 17.7. The van der Waals surface area contributed by atoms with Gasteiger partial charge in [0, 0.05) is 11.1 Å². The van der Waals surface area contributed by atoms with Crippen molar-refractivity contribution in [2.75, 3.05) is 41.7 Å². The molecule has 0 bridgehead atoms. The summed E-state index contributed by atoms with van der Waals surface area (Å²) in [5.41, 5.74) is 0.692. The number of ketones is 1. The molecule has 0 aromatic heterocycles. The molecule has 0 N–H and O–H groups in total. The molecule has 0 spiro atoms. The van der Waals surface area contributed by atoms with Crippen LogP contribution >= 0.6 is 0 Å². The predicted octanol–water partition coefficient (Wildman–Crippen LogP) is 4.08. The number of hydrogen-bond donors (Lipinski definition) is 0. The molecule has 0 fully saturated rings. The molecule has 0 amide bonds. The van der Waals surface area contributed by atoms with Crippen LogP contribution < -0.4 is 28.4 Å². The highest BCUT2D eigenvalue weighted by molar-refractivity contribution is 6.10. The lowest BCUT2D eigenvalue weighted by Gasteiger charge is -2.17. The lowest BCUT2D eigenvalue weighted by atomic mass is 10.0. The van der Waals surface area contributed by atoms with Crippen LogP contribution in [0.1, 0.15) is 15.9 Å². The molecule has 0 atom stereocenters. The third-order valence-corrected chi connectivity index (χ3v) is 4.14. The summed E-state index contributed by atoms with van der Waals surface area (Å²) in [6, 6.07) is 6.35. The van der Waals surface area contributed by atoms with Gasteiger partial charge in [-0.2, -0.15) is 0 Å². The van der Waals surface area contributed by atoms with Crippen molar-refractivity contribution in [1.82, 2.24) is 0 Å². The Hall–Kier alpha value is -3.61. The quantitative estimate of drug-likeness (QED) is 0.383. The molecule has 0 aliphatic rings. The first-order valence-electron chi connectivity index (χ1n) is 9.08. The Kier molecular flexibility index (Phi) is 8.17. The topological polar surface area (TPSA) is 72.5 Å². The van der Waals surface area contributed by atoms with E-state index in [4.69, 9.17) is 28.4 Å². The molecule has 2 aromatic carbocycles. The Morgan fingerprint density at radius 3 is 1.23 bits per heavy atom. The average Bonchev–Trinajstić information content (AvgIpc) is 2.79. The minimum atomic E-state index is -0.284. The van der Waals surface area contributed by atoms with Gasteiger partial charge in [0.1, 0.15) is 13.2 Å². The highest BCUT2D eigenvalue weighted by Crippen LogP contribution is 2.41. The van der Waals surface area contributed by atoms with Crippen molar-refractivity contribution in [2.45, 2.75) is 0 Å². The fraction of sp³-hybridized carbons (Fsp3) is 0.261. The number of hydrogen-bond acceptors (Lipinski definition) is 7. The van der Waals surface area contributed by atoms with E-state index in [1.807, 2.05) is 0 Å². The van der Waals surface area contributed by atoms with Crippen LogP contribution in [0, 0.1) is 0 Å². The zero-order chi connectivity index (χ0) is 22.1. The maximum absolute atomic E-state index is 13.2. The normalized spacial score (nSPS) is 10.0. The molecule has 0 radical (unpaired) electrons. The van der Waals surface area contributed by atoms with Gasteiger partial charge in [-0.15, -0.1) is 0 Å². The van der Waals surface area contributed by atoms with E-state index in [0.29, 0.717) is 45.6 Å². The van der Waals surface area contributed by atoms with Crippen molar-refractivity contribution >= 4 is 5.78 Å². The predicted molar refractivity (Wildman–Crippen MR) is 114 cm³/mol. The molecular weight excluding hydrogens is 388 g/mol. The Bertz CT molecular complexity index is 794. The van der Waals surface area contributed by atoms with Gasteiger partial charge in [-0.25, -0.2) is 0 Å². The van der Waals surface area contributed by atoms with Crippen molar-refractivity contribution in [2.24, 2.45) is 0 Å². The summed E-state index contributed by atoms with van der Waals surface area (Å²) < 4.78 is 32.8. The SMILES string of the molecule is C=CCOc1c(OC)cc(C(=O)c2cc(OC)c(OCC=C)c(OC)c2)cc1OC. The van der Waals surface area contributed by atoms with Crippen LogP contribution in [0.2, 0.25) is 0 Å². The standard InChI is InChI=1S/C23H26O7/c1-7-9-29-22-17(25-3)11-15(12-18(22)26-4)21(24)16-13-19(27-5)23(30-10-8-2)20(14-16)28-6/h7-8,11-14H,1-2,9-10H2,3-6H3. The molecule has 0 saturated heterocycles. The minimum Gasteiger partial charge on any atom is -0.493 e. The summed E-state index contributed by atoms with van der Waals surface area (Å²) in [5, 5.41) is 0. The van der Waals surface area contributed by atoms with Crippen LogP contribution in [0.4, 0.5) is 0 Å². The fourth-order valence-corrected chi connectivity index (χ4v) is 2.76. The Balaban J connectivity index is 2.54. The van der Waals surface area contributed by atoms with Gasteiger partial charge in [-0.1, -0.05) is 25.3 Å². The van der Waals surface area contributed by atoms with Crippen molar-refractivity contribution in [1.29, 1.82) is 0 Å². The monoisotopic (exact) mass is 414 g/mol. The van der Waals surface area contributed by atoms with Gasteiger partial charge >= 0.3 is 0 Å². The molecule has 0 saturated carbocycles. The molecule has 0 aliphatic heterocycles. The van der Waals surface area contributed by atoms with E-state index in [-0.39, 0.29) is 19.0 Å². The summed E-state index contributed by atoms with van der Waals surface area (Å²) in [6.45, 7) is 7.79. The van der Waals surface area contributed by atoms with Gasteiger partial charge in [0.2, 0.25) is 11.5 Å². The second-order valence-corrected chi connectivity index (χ2v) is 5.95. The van der Waals surface area contributed by atoms with Crippen molar-refractivity contribution in [3.63, 3.8) is 0 Å². The lowest BCUT2D eigenvalue weighted by Crippen LogP contribution is -2.07. The van der Waals surface area contributed by atoms with E-state index in [1.54, 1.807) is 36.4 Å². The van der Waals surface area contributed by atoms with Crippen LogP contribution in [0.5, 0.6) is 34.5 Å². The van der Waals surface area contributed by atoms with E-state index >= 15 is 0 Å². The Labute approximate surface area is 176 Å². The maximum Gasteiger partial charge on any atom is 0.203 e. The molecule has 2 rings (SSSR count). The minimum absolute atomic E-state index is 0.264. The lowest BCUT2D eigenvalue weighted by molar-refractivity contribution is 0.103. The summed E-state index contributed by atoms with van der Waals surface area (Å²) in [4.78, 5) is 13.2. The molecule has 7 heteroatoms. The third kappa shape index (κ3) is 4.86. The second-order valence-electron chi connectivity index (χ2n) is 5.95. The zero-order valence-electron chi connectivity index (χ0n) is 17.7. The molecule has 0 heterocycles. The van der Waals surface area contributed by atoms with Crippen LogP contribution in [-0.2, 0) is 0 Å². The highest BCUT2D eigenvalue weighted by Gasteiger charge is 2.22. The van der Waals surface area contributed by atoms with Gasteiger partial charge in [-0.3, -0.25) is 4.79 Å². The number of carbonyl (C=O) groups excluding carboxylic acids is 1. The van der Waals surface area contributed by atoms with Gasteiger partial charge in [0.25, 0.3) is 0 Å². The number of carbonyl (C=O) groups is 1. The summed E-state index contributed by atoms with van der Waals surface area (Å²) in [6.07, 6.45) is 3.21. The highest BCUT2D eigenvalue weighted by atomic mass is 16.5. The van der Waals surface area contributed by atoms with Crippen molar-refractivity contribution in [3.8, 4) is 34.5 Å². The number of ether oxygens (including phenoxy) is 6. The van der Waals surface area contributed by atoms with E-state index in [2.05, 4.69) is 13.2 Å². The van der Waals surface area contributed by atoms with Crippen LogP contribution in [0.15, 0.2) is 49.6 Å². The first kappa shape index (κ1) is 22.7.